The van der Waals surface area contributed by atoms with E-state index in [1.807, 2.05) is 12.1 Å². The number of hydrogen-bond donors (Lipinski definition) is 1. The first-order valence-corrected chi connectivity index (χ1v) is 9.11. The van der Waals surface area contributed by atoms with E-state index in [9.17, 15) is 4.79 Å². The van der Waals surface area contributed by atoms with Crippen LogP contribution in [0, 0.1) is 0 Å². The predicted octanol–water partition coefficient (Wildman–Crippen LogP) is 2.17. The van der Waals surface area contributed by atoms with Gasteiger partial charge >= 0.3 is 0 Å². The largest absolute Gasteiger partial charge is 0.378 e. The van der Waals surface area contributed by atoms with Crippen LogP contribution in [0.3, 0.4) is 0 Å². The molecule has 7 nitrogen and oxygen atoms in total. The van der Waals surface area contributed by atoms with E-state index in [0.29, 0.717) is 30.3 Å². The van der Waals surface area contributed by atoms with Crippen molar-refractivity contribution in [2.45, 2.75) is 12.8 Å². The maximum atomic E-state index is 12.8. The minimum absolute atomic E-state index is 0.171. The molecule has 0 aliphatic carbocycles. The van der Waals surface area contributed by atoms with Crippen LogP contribution < -0.4 is 15.1 Å². The molecule has 2 saturated heterocycles. The van der Waals surface area contributed by atoms with Crippen LogP contribution in [-0.2, 0) is 4.74 Å². The SMILES string of the molecule is O=C(Nc1ccc(N2CCCC2)nc1)c1cccnc1N1CCOCC1. The second-order valence-electron chi connectivity index (χ2n) is 6.53. The lowest BCUT2D eigenvalue weighted by atomic mass is 10.2. The first kappa shape index (κ1) is 16.8. The number of carbonyl (C=O) groups is 1. The molecule has 136 valence electrons. The Bertz CT molecular complexity index is 753. The Morgan fingerprint density at radius 3 is 2.54 bits per heavy atom. The maximum Gasteiger partial charge on any atom is 0.259 e. The number of anilines is 3. The van der Waals surface area contributed by atoms with E-state index >= 15 is 0 Å². The van der Waals surface area contributed by atoms with Gasteiger partial charge in [0.1, 0.15) is 11.6 Å². The van der Waals surface area contributed by atoms with Gasteiger partial charge in [-0.05, 0) is 37.1 Å². The molecule has 2 fully saturated rings. The van der Waals surface area contributed by atoms with Crippen LogP contribution in [0.5, 0.6) is 0 Å². The third kappa shape index (κ3) is 3.62. The summed E-state index contributed by atoms with van der Waals surface area (Å²) in [6, 6.07) is 7.46. The molecule has 7 heteroatoms. The molecule has 0 unspecified atom stereocenters. The Balaban J connectivity index is 1.48. The van der Waals surface area contributed by atoms with Crippen molar-refractivity contribution in [3.05, 3.63) is 42.2 Å². The zero-order valence-electron chi connectivity index (χ0n) is 14.7. The van der Waals surface area contributed by atoms with Crippen molar-refractivity contribution in [3.63, 3.8) is 0 Å². The number of amides is 1. The van der Waals surface area contributed by atoms with Gasteiger partial charge in [0.05, 0.1) is 30.7 Å². The third-order valence-electron chi connectivity index (χ3n) is 4.78. The Hall–Kier alpha value is -2.67. The molecule has 2 aromatic rings. The Labute approximate surface area is 153 Å². The fourth-order valence-electron chi connectivity index (χ4n) is 3.39. The smallest absolute Gasteiger partial charge is 0.259 e. The number of hydrogen-bond acceptors (Lipinski definition) is 6. The highest BCUT2D eigenvalue weighted by molar-refractivity contribution is 6.07. The van der Waals surface area contributed by atoms with Crippen molar-refractivity contribution in [2.24, 2.45) is 0 Å². The van der Waals surface area contributed by atoms with Crippen molar-refractivity contribution in [1.82, 2.24) is 9.97 Å². The van der Waals surface area contributed by atoms with E-state index in [1.54, 1.807) is 24.5 Å². The highest BCUT2D eigenvalue weighted by Crippen LogP contribution is 2.22. The fraction of sp³-hybridized carbons (Fsp3) is 0.421. The fourth-order valence-corrected chi connectivity index (χ4v) is 3.39. The van der Waals surface area contributed by atoms with Gasteiger partial charge < -0.3 is 19.9 Å². The predicted molar refractivity (Wildman–Crippen MR) is 101 cm³/mol. The Morgan fingerprint density at radius 1 is 1.00 bits per heavy atom. The number of morpholine rings is 1. The van der Waals surface area contributed by atoms with E-state index in [4.69, 9.17) is 4.74 Å². The zero-order valence-corrected chi connectivity index (χ0v) is 14.7. The summed E-state index contributed by atoms with van der Waals surface area (Å²) >= 11 is 0. The highest BCUT2D eigenvalue weighted by Gasteiger charge is 2.20. The number of nitrogens with zero attached hydrogens (tertiary/aromatic N) is 4. The summed E-state index contributed by atoms with van der Waals surface area (Å²) in [5.74, 6) is 1.50. The van der Waals surface area contributed by atoms with Crippen LogP contribution >= 0.6 is 0 Å². The summed E-state index contributed by atoms with van der Waals surface area (Å²) < 4.78 is 5.39. The summed E-state index contributed by atoms with van der Waals surface area (Å²) in [5, 5.41) is 2.94. The first-order chi connectivity index (χ1) is 12.8. The molecule has 1 amide bonds. The van der Waals surface area contributed by atoms with Crippen LogP contribution in [0.1, 0.15) is 23.2 Å². The van der Waals surface area contributed by atoms with Crippen molar-refractivity contribution in [1.29, 1.82) is 0 Å². The molecule has 2 aliphatic heterocycles. The number of carbonyl (C=O) groups excluding carboxylic acids is 1. The summed E-state index contributed by atoms with van der Waals surface area (Å²) in [7, 11) is 0. The number of rotatable bonds is 4. The summed E-state index contributed by atoms with van der Waals surface area (Å²) in [6.45, 7) is 4.89. The third-order valence-corrected chi connectivity index (χ3v) is 4.78. The first-order valence-electron chi connectivity index (χ1n) is 9.11. The van der Waals surface area contributed by atoms with Crippen molar-refractivity contribution in [2.75, 3.05) is 54.5 Å². The van der Waals surface area contributed by atoms with Crippen LogP contribution in [0.2, 0.25) is 0 Å². The molecule has 4 heterocycles. The van der Waals surface area contributed by atoms with Gasteiger partial charge in [-0.25, -0.2) is 9.97 Å². The highest BCUT2D eigenvalue weighted by atomic mass is 16.5. The number of nitrogens with one attached hydrogen (secondary N) is 1. The van der Waals surface area contributed by atoms with E-state index < -0.39 is 0 Å². The molecule has 0 atom stereocenters. The summed E-state index contributed by atoms with van der Waals surface area (Å²) in [6.07, 6.45) is 5.86. The molecule has 2 aliphatic rings. The van der Waals surface area contributed by atoms with Gasteiger partial charge in [-0.1, -0.05) is 0 Å². The molecule has 0 saturated carbocycles. The average molecular weight is 353 g/mol. The molecule has 0 aromatic carbocycles. The molecule has 4 rings (SSSR count). The van der Waals surface area contributed by atoms with Gasteiger partial charge in [0.15, 0.2) is 0 Å². The summed E-state index contributed by atoms with van der Waals surface area (Å²) in [5.41, 5.74) is 1.26. The van der Waals surface area contributed by atoms with Crippen LogP contribution in [0.15, 0.2) is 36.7 Å². The van der Waals surface area contributed by atoms with Gasteiger partial charge in [-0.3, -0.25) is 4.79 Å². The topological polar surface area (TPSA) is 70.6 Å². The maximum absolute atomic E-state index is 12.8. The van der Waals surface area contributed by atoms with Crippen LogP contribution in [0.25, 0.3) is 0 Å². The number of ether oxygens (including phenoxy) is 1. The van der Waals surface area contributed by atoms with E-state index in [1.165, 1.54) is 12.8 Å². The minimum atomic E-state index is -0.171. The monoisotopic (exact) mass is 353 g/mol. The lowest BCUT2D eigenvalue weighted by molar-refractivity contribution is 0.102. The van der Waals surface area contributed by atoms with Gasteiger partial charge in [0, 0.05) is 32.4 Å². The standard InChI is InChI=1S/C19H23N5O2/c25-19(16-4-3-7-20-18(16)24-10-12-26-13-11-24)22-15-5-6-17(21-14-15)23-8-1-2-9-23/h3-7,14H,1-2,8-13H2,(H,22,25). The molecule has 26 heavy (non-hydrogen) atoms. The molecule has 1 N–H and O–H groups in total. The molecule has 2 aromatic heterocycles. The van der Waals surface area contributed by atoms with Gasteiger partial charge in [-0.15, -0.1) is 0 Å². The normalized spacial score (nSPS) is 17.4. The van der Waals surface area contributed by atoms with Crippen LogP contribution in [0.4, 0.5) is 17.3 Å². The van der Waals surface area contributed by atoms with Crippen molar-refractivity contribution >= 4 is 23.2 Å². The molecular weight excluding hydrogens is 330 g/mol. The van der Waals surface area contributed by atoms with Crippen molar-refractivity contribution in [3.8, 4) is 0 Å². The average Bonchev–Trinajstić information content (AvgIpc) is 3.24. The number of aromatic nitrogens is 2. The van der Waals surface area contributed by atoms with E-state index in [-0.39, 0.29) is 5.91 Å². The molecule has 0 bridgehead atoms. The second kappa shape index (κ2) is 7.70. The Kier molecular flexibility index (Phi) is 4.97. The van der Waals surface area contributed by atoms with Crippen LogP contribution in [-0.4, -0.2) is 55.3 Å². The molecule has 0 radical (unpaired) electrons. The molecule has 0 spiro atoms. The van der Waals surface area contributed by atoms with E-state index in [0.717, 1.165) is 32.0 Å². The van der Waals surface area contributed by atoms with E-state index in [2.05, 4.69) is 25.1 Å². The van der Waals surface area contributed by atoms with Gasteiger partial charge in [0.2, 0.25) is 0 Å². The Morgan fingerprint density at radius 2 is 1.81 bits per heavy atom. The minimum Gasteiger partial charge on any atom is -0.378 e. The van der Waals surface area contributed by atoms with Crippen molar-refractivity contribution < 1.29 is 9.53 Å². The molecular formula is C19H23N5O2. The van der Waals surface area contributed by atoms with Gasteiger partial charge in [-0.2, -0.15) is 0 Å². The lowest BCUT2D eigenvalue weighted by Crippen LogP contribution is -2.38. The second-order valence-corrected chi connectivity index (χ2v) is 6.53. The zero-order chi connectivity index (χ0) is 17.8. The lowest BCUT2D eigenvalue weighted by Gasteiger charge is -2.29. The number of pyridine rings is 2. The quantitative estimate of drug-likeness (QED) is 0.908. The summed E-state index contributed by atoms with van der Waals surface area (Å²) in [4.78, 5) is 26.0. The van der Waals surface area contributed by atoms with Gasteiger partial charge in [0.25, 0.3) is 5.91 Å².